The first kappa shape index (κ1) is 16.9. The predicted molar refractivity (Wildman–Crippen MR) is 91.6 cm³/mol. The predicted octanol–water partition coefficient (Wildman–Crippen LogP) is 3.12. The Morgan fingerprint density at radius 2 is 1.88 bits per heavy atom. The molecule has 0 aromatic heterocycles. The van der Waals surface area contributed by atoms with E-state index in [2.05, 4.69) is 4.90 Å². The Morgan fingerprint density at radius 1 is 1.17 bits per heavy atom. The quantitative estimate of drug-likeness (QED) is 0.854. The normalized spacial score (nSPS) is 18.6. The van der Waals surface area contributed by atoms with Crippen LogP contribution in [0.15, 0.2) is 47.4 Å². The Balaban J connectivity index is 1.79. The van der Waals surface area contributed by atoms with Crippen molar-refractivity contribution >= 4 is 15.5 Å². The molecule has 1 aliphatic rings. The SMILES string of the molecule is Cc1cc(C2CN(c3ccc(S(C)(=O)=O)cc3)CCO2)ccc1F. The minimum atomic E-state index is -3.19. The maximum atomic E-state index is 13.4. The average Bonchev–Trinajstić information content (AvgIpc) is 2.57. The number of aryl methyl sites for hydroxylation is 1. The highest BCUT2D eigenvalue weighted by atomic mass is 32.2. The summed E-state index contributed by atoms with van der Waals surface area (Å²) in [5, 5.41) is 0. The Labute approximate surface area is 141 Å². The zero-order valence-corrected chi connectivity index (χ0v) is 14.5. The largest absolute Gasteiger partial charge is 0.370 e. The summed E-state index contributed by atoms with van der Waals surface area (Å²) in [6.45, 7) is 3.68. The molecule has 1 saturated heterocycles. The van der Waals surface area contributed by atoms with Crippen molar-refractivity contribution in [3.63, 3.8) is 0 Å². The van der Waals surface area contributed by atoms with E-state index in [1.165, 1.54) is 12.3 Å². The molecule has 24 heavy (non-hydrogen) atoms. The second-order valence-corrected chi connectivity index (χ2v) is 8.10. The number of benzene rings is 2. The van der Waals surface area contributed by atoms with Gasteiger partial charge >= 0.3 is 0 Å². The molecule has 0 radical (unpaired) electrons. The maximum Gasteiger partial charge on any atom is 0.175 e. The van der Waals surface area contributed by atoms with Crippen molar-refractivity contribution in [2.75, 3.05) is 30.9 Å². The van der Waals surface area contributed by atoms with Gasteiger partial charge in [0.25, 0.3) is 0 Å². The summed E-state index contributed by atoms with van der Waals surface area (Å²) in [4.78, 5) is 2.46. The third kappa shape index (κ3) is 3.60. The van der Waals surface area contributed by atoms with E-state index >= 15 is 0 Å². The van der Waals surface area contributed by atoms with Gasteiger partial charge in [0.15, 0.2) is 9.84 Å². The molecule has 0 amide bonds. The van der Waals surface area contributed by atoms with Gasteiger partial charge < -0.3 is 9.64 Å². The topological polar surface area (TPSA) is 46.6 Å². The average molecular weight is 349 g/mol. The molecule has 1 heterocycles. The van der Waals surface area contributed by atoms with Crippen LogP contribution in [-0.4, -0.2) is 34.4 Å². The van der Waals surface area contributed by atoms with E-state index in [1.54, 1.807) is 25.1 Å². The minimum absolute atomic E-state index is 0.132. The highest BCUT2D eigenvalue weighted by Crippen LogP contribution is 2.27. The van der Waals surface area contributed by atoms with Gasteiger partial charge in [-0.2, -0.15) is 0 Å². The van der Waals surface area contributed by atoms with Gasteiger partial charge in [0.2, 0.25) is 0 Å². The number of anilines is 1. The second-order valence-electron chi connectivity index (χ2n) is 6.08. The molecule has 0 saturated carbocycles. The molecular formula is C18H20FNO3S. The van der Waals surface area contributed by atoms with Crippen LogP contribution in [0, 0.1) is 12.7 Å². The molecule has 128 valence electrons. The molecule has 2 aromatic rings. The summed E-state index contributed by atoms with van der Waals surface area (Å²) in [5.74, 6) is -0.220. The van der Waals surface area contributed by atoms with Crippen LogP contribution in [0.1, 0.15) is 17.2 Å². The van der Waals surface area contributed by atoms with E-state index in [4.69, 9.17) is 4.74 Å². The van der Waals surface area contributed by atoms with Gasteiger partial charge in [0.05, 0.1) is 11.5 Å². The molecule has 1 unspecified atom stereocenters. The molecule has 0 bridgehead atoms. The lowest BCUT2D eigenvalue weighted by atomic mass is 10.0. The second kappa shape index (κ2) is 6.53. The molecule has 3 rings (SSSR count). The minimum Gasteiger partial charge on any atom is -0.370 e. The summed E-state index contributed by atoms with van der Waals surface area (Å²) < 4.78 is 42.4. The first-order valence-electron chi connectivity index (χ1n) is 7.77. The van der Waals surface area contributed by atoms with Crippen LogP contribution in [0.4, 0.5) is 10.1 Å². The van der Waals surface area contributed by atoms with E-state index in [-0.39, 0.29) is 11.9 Å². The van der Waals surface area contributed by atoms with E-state index in [9.17, 15) is 12.8 Å². The number of halogens is 1. The molecule has 1 aliphatic heterocycles. The summed E-state index contributed by atoms with van der Waals surface area (Å²) in [6, 6.07) is 11.9. The van der Waals surface area contributed by atoms with Crippen LogP contribution in [0.3, 0.4) is 0 Å². The standard InChI is InChI=1S/C18H20FNO3S/c1-13-11-14(3-8-17(13)19)18-12-20(9-10-23-18)15-4-6-16(7-5-15)24(2,21)22/h3-8,11,18H,9-10,12H2,1-2H3. The summed E-state index contributed by atoms with van der Waals surface area (Å²) in [6.07, 6.45) is 1.07. The Bertz CT molecular complexity index is 834. The number of ether oxygens (including phenoxy) is 1. The number of hydrogen-bond acceptors (Lipinski definition) is 4. The zero-order valence-electron chi connectivity index (χ0n) is 13.7. The van der Waals surface area contributed by atoms with Gasteiger partial charge in [-0.1, -0.05) is 12.1 Å². The lowest BCUT2D eigenvalue weighted by Gasteiger charge is -2.35. The fraction of sp³-hybridized carbons (Fsp3) is 0.333. The Morgan fingerprint density at radius 3 is 2.50 bits per heavy atom. The van der Waals surface area contributed by atoms with Crippen molar-refractivity contribution in [2.45, 2.75) is 17.9 Å². The first-order chi connectivity index (χ1) is 11.3. The molecule has 0 aliphatic carbocycles. The van der Waals surface area contributed by atoms with E-state index in [0.717, 1.165) is 17.8 Å². The van der Waals surface area contributed by atoms with Crippen LogP contribution in [0.2, 0.25) is 0 Å². The van der Waals surface area contributed by atoms with E-state index < -0.39 is 9.84 Å². The van der Waals surface area contributed by atoms with Gasteiger partial charge in [-0.25, -0.2) is 12.8 Å². The number of morpholine rings is 1. The van der Waals surface area contributed by atoms with Crippen molar-refractivity contribution in [2.24, 2.45) is 0 Å². The fourth-order valence-corrected chi connectivity index (χ4v) is 3.49. The summed E-state index contributed by atoms with van der Waals surface area (Å²) in [7, 11) is -3.19. The molecule has 4 nitrogen and oxygen atoms in total. The third-order valence-corrected chi connectivity index (χ3v) is 5.38. The smallest absolute Gasteiger partial charge is 0.175 e. The van der Waals surface area contributed by atoms with Gasteiger partial charge in [0, 0.05) is 25.0 Å². The fourth-order valence-electron chi connectivity index (χ4n) is 2.86. The van der Waals surface area contributed by atoms with Crippen LogP contribution in [0.5, 0.6) is 0 Å². The van der Waals surface area contributed by atoms with Crippen molar-refractivity contribution in [3.05, 3.63) is 59.4 Å². The molecule has 1 fully saturated rings. The lowest BCUT2D eigenvalue weighted by molar-refractivity contribution is 0.0397. The van der Waals surface area contributed by atoms with Crippen LogP contribution in [0.25, 0.3) is 0 Å². The van der Waals surface area contributed by atoms with Crippen LogP contribution < -0.4 is 4.90 Å². The molecule has 0 spiro atoms. The van der Waals surface area contributed by atoms with Crippen LogP contribution in [-0.2, 0) is 14.6 Å². The van der Waals surface area contributed by atoms with E-state index in [0.29, 0.717) is 23.6 Å². The number of rotatable bonds is 3. The number of nitrogens with zero attached hydrogens (tertiary/aromatic N) is 1. The van der Waals surface area contributed by atoms with Crippen LogP contribution >= 0.6 is 0 Å². The van der Waals surface area contributed by atoms with Gasteiger partial charge in [0.1, 0.15) is 11.9 Å². The molecular weight excluding hydrogens is 329 g/mol. The Kier molecular flexibility index (Phi) is 4.60. The summed E-state index contributed by atoms with van der Waals surface area (Å²) in [5.41, 5.74) is 2.51. The molecule has 2 aromatic carbocycles. The monoisotopic (exact) mass is 349 g/mol. The maximum absolute atomic E-state index is 13.4. The molecule has 0 N–H and O–H groups in total. The van der Waals surface area contributed by atoms with Crippen molar-refractivity contribution < 1.29 is 17.5 Å². The van der Waals surface area contributed by atoms with E-state index in [1.807, 2.05) is 18.2 Å². The number of sulfone groups is 1. The van der Waals surface area contributed by atoms with Gasteiger partial charge in [-0.05, 0) is 48.4 Å². The van der Waals surface area contributed by atoms with Gasteiger partial charge in [-0.3, -0.25) is 0 Å². The Hall–Kier alpha value is -1.92. The van der Waals surface area contributed by atoms with Gasteiger partial charge in [-0.15, -0.1) is 0 Å². The van der Waals surface area contributed by atoms with Crippen molar-refractivity contribution in [1.29, 1.82) is 0 Å². The third-order valence-electron chi connectivity index (χ3n) is 4.25. The number of hydrogen-bond donors (Lipinski definition) is 0. The molecule has 1 atom stereocenters. The summed E-state index contributed by atoms with van der Waals surface area (Å²) >= 11 is 0. The highest BCUT2D eigenvalue weighted by molar-refractivity contribution is 7.90. The molecule has 6 heteroatoms. The van der Waals surface area contributed by atoms with Crippen molar-refractivity contribution in [3.8, 4) is 0 Å². The first-order valence-corrected chi connectivity index (χ1v) is 9.66. The van der Waals surface area contributed by atoms with Crippen molar-refractivity contribution in [1.82, 2.24) is 0 Å². The lowest BCUT2D eigenvalue weighted by Crippen LogP contribution is -2.38. The zero-order chi connectivity index (χ0) is 17.3. The highest BCUT2D eigenvalue weighted by Gasteiger charge is 2.23.